The van der Waals surface area contributed by atoms with Gasteiger partial charge in [0, 0.05) is 18.1 Å². The summed E-state index contributed by atoms with van der Waals surface area (Å²) in [5, 5.41) is 6.71. The Morgan fingerprint density at radius 1 is 1.60 bits per heavy atom. The normalized spacial score (nSPS) is 13.0. The maximum absolute atomic E-state index is 6.71. The summed E-state index contributed by atoms with van der Waals surface area (Å²) < 4.78 is 1.93. The Balaban J connectivity index is 4.10. The number of halogens is 1. The molecule has 1 N–H and O–H groups in total. The standard InChI is InChI=1S/C7H11IN2/c1-6(2)7(5-8)10-4-3-9/h3-6,9H,1-2H3/b7-5-,9-3?,10-4?. The van der Waals surface area contributed by atoms with Crippen LogP contribution in [0.5, 0.6) is 0 Å². The fraction of sp³-hybridized carbons (Fsp3) is 0.429. The minimum atomic E-state index is 0.438. The highest BCUT2D eigenvalue weighted by Gasteiger charge is 1.96. The van der Waals surface area contributed by atoms with Gasteiger partial charge >= 0.3 is 0 Å². The molecule has 0 aromatic rings. The third-order valence-electron chi connectivity index (χ3n) is 1.00. The van der Waals surface area contributed by atoms with E-state index >= 15 is 0 Å². The van der Waals surface area contributed by atoms with E-state index in [0.717, 1.165) is 5.70 Å². The van der Waals surface area contributed by atoms with Crippen molar-refractivity contribution < 1.29 is 0 Å². The van der Waals surface area contributed by atoms with Crippen molar-refractivity contribution in [3.05, 3.63) is 9.78 Å². The smallest absolute Gasteiger partial charge is 0.0490 e. The Labute approximate surface area is 75.1 Å². The van der Waals surface area contributed by atoms with E-state index in [4.69, 9.17) is 5.41 Å². The molecule has 0 aliphatic heterocycles. The number of aliphatic imine (C=N–C) groups is 1. The fourth-order valence-corrected chi connectivity index (χ4v) is 1.31. The van der Waals surface area contributed by atoms with E-state index in [-0.39, 0.29) is 0 Å². The predicted molar refractivity (Wildman–Crippen MR) is 54.2 cm³/mol. The number of hydrogen-bond donors (Lipinski definition) is 1. The van der Waals surface area contributed by atoms with Crippen LogP contribution < -0.4 is 0 Å². The Kier molecular flexibility index (Phi) is 5.48. The third kappa shape index (κ3) is 3.76. The molecule has 0 spiro atoms. The number of nitrogens with one attached hydrogen (secondary N) is 1. The summed E-state index contributed by atoms with van der Waals surface area (Å²) in [6, 6.07) is 0. The molecule has 0 radical (unpaired) electrons. The maximum atomic E-state index is 6.71. The van der Waals surface area contributed by atoms with Gasteiger partial charge in [0.15, 0.2) is 0 Å². The molecule has 0 rings (SSSR count). The molecule has 56 valence electrons. The molecule has 10 heavy (non-hydrogen) atoms. The van der Waals surface area contributed by atoms with Crippen LogP contribution in [0.1, 0.15) is 13.8 Å². The molecule has 3 heteroatoms. The van der Waals surface area contributed by atoms with E-state index in [9.17, 15) is 0 Å². The Morgan fingerprint density at radius 2 is 2.20 bits per heavy atom. The van der Waals surface area contributed by atoms with Gasteiger partial charge in [0.2, 0.25) is 0 Å². The van der Waals surface area contributed by atoms with Crippen molar-refractivity contribution in [2.24, 2.45) is 10.9 Å². The van der Waals surface area contributed by atoms with Gasteiger partial charge in [-0.15, -0.1) is 0 Å². The third-order valence-corrected chi connectivity index (χ3v) is 1.64. The van der Waals surface area contributed by atoms with Crippen molar-refractivity contribution in [2.45, 2.75) is 13.8 Å². The van der Waals surface area contributed by atoms with E-state index in [2.05, 4.69) is 41.4 Å². The highest BCUT2D eigenvalue weighted by Crippen LogP contribution is 2.11. The minimum Gasteiger partial charge on any atom is -0.307 e. The Hall–Kier alpha value is -0.190. The first kappa shape index (κ1) is 9.81. The molecule has 0 saturated heterocycles. The highest BCUT2D eigenvalue weighted by molar-refractivity contribution is 14.1. The van der Waals surface area contributed by atoms with E-state index < -0.39 is 0 Å². The van der Waals surface area contributed by atoms with Crippen LogP contribution in [-0.2, 0) is 0 Å². The summed E-state index contributed by atoms with van der Waals surface area (Å²) in [6.45, 7) is 4.15. The second-order valence-electron chi connectivity index (χ2n) is 2.13. The molecule has 0 atom stereocenters. The molecular formula is C7H11IN2. The lowest BCUT2D eigenvalue weighted by molar-refractivity contribution is 0.763. The SMILES string of the molecule is CC(C)/C(=C/I)N=CC=N. The predicted octanol–water partition coefficient (Wildman–Crippen LogP) is 2.64. The van der Waals surface area contributed by atoms with Crippen molar-refractivity contribution in [3.63, 3.8) is 0 Å². The topological polar surface area (TPSA) is 36.2 Å². The van der Waals surface area contributed by atoms with E-state index in [0.29, 0.717) is 5.92 Å². The van der Waals surface area contributed by atoms with Crippen molar-refractivity contribution >= 4 is 35.0 Å². The van der Waals surface area contributed by atoms with Gasteiger partial charge < -0.3 is 5.41 Å². The molecule has 0 fully saturated rings. The van der Waals surface area contributed by atoms with Gasteiger partial charge in [-0.3, -0.25) is 4.99 Å². The maximum Gasteiger partial charge on any atom is 0.0490 e. The monoisotopic (exact) mass is 250 g/mol. The Bertz CT molecular complexity index is 159. The van der Waals surface area contributed by atoms with Crippen molar-refractivity contribution in [2.75, 3.05) is 0 Å². The van der Waals surface area contributed by atoms with E-state index in [1.807, 2.05) is 4.08 Å². The average molecular weight is 250 g/mol. The average Bonchev–Trinajstić information content (AvgIpc) is 1.89. The first-order valence-corrected chi connectivity index (χ1v) is 4.30. The molecule has 0 amide bonds. The van der Waals surface area contributed by atoms with E-state index in [1.54, 1.807) is 0 Å². The Morgan fingerprint density at radius 3 is 2.50 bits per heavy atom. The lowest BCUT2D eigenvalue weighted by Gasteiger charge is -2.01. The molecule has 0 aromatic heterocycles. The van der Waals surface area contributed by atoms with Crippen molar-refractivity contribution in [1.29, 1.82) is 5.41 Å². The van der Waals surface area contributed by atoms with Crippen LogP contribution in [0.3, 0.4) is 0 Å². The van der Waals surface area contributed by atoms with Crippen LogP contribution in [0.4, 0.5) is 0 Å². The van der Waals surface area contributed by atoms with E-state index in [1.165, 1.54) is 12.4 Å². The summed E-state index contributed by atoms with van der Waals surface area (Å²) in [6.07, 6.45) is 2.67. The molecule has 2 nitrogen and oxygen atoms in total. The van der Waals surface area contributed by atoms with Crippen LogP contribution in [0.15, 0.2) is 14.8 Å². The summed E-state index contributed by atoms with van der Waals surface area (Å²) in [4.78, 5) is 4.05. The summed E-state index contributed by atoms with van der Waals surface area (Å²) in [7, 11) is 0. The summed E-state index contributed by atoms with van der Waals surface area (Å²) in [5.74, 6) is 0.438. The minimum absolute atomic E-state index is 0.438. The van der Waals surface area contributed by atoms with Crippen LogP contribution >= 0.6 is 22.6 Å². The van der Waals surface area contributed by atoms with Crippen LogP contribution in [0.2, 0.25) is 0 Å². The van der Waals surface area contributed by atoms with Gasteiger partial charge in [-0.2, -0.15) is 0 Å². The molecule has 0 bridgehead atoms. The van der Waals surface area contributed by atoms with Crippen molar-refractivity contribution in [3.8, 4) is 0 Å². The van der Waals surface area contributed by atoms with Crippen LogP contribution in [0, 0.1) is 11.3 Å². The molecule has 0 aliphatic carbocycles. The number of rotatable bonds is 3. The molecule has 0 aromatic carbocycles. The lowest BCUT2D eigenvalue weighted by Crippen LogP contribution is -1.89. The molecule has 0 saturated carbocycles. The largest absolute Gasteiger partial charge is 0.307 e. The van der Waals surface area contributed by atoms with Crippen molar-refractivity contribution in [1.82, 2.24) is 0 Å². The molecular weight excluding hydrogens is 239 g/mol. The zero-order valence-corrected chi connectivity index (χ0v) is 8.29. The fourth-order valence-electron chi connectivity index (χ4n) is 0.427. The molecule has 0 heterocycles. The number of nitrogens with zero attached hydrogens (tertiary/aromatic N) is 1. The van der Waals surface area contributed by atoms with Gasteiger partial charge in [0.05, 0.1) is 0 Å². The van der Waals surface area contributed by atoms with Gasteiger partial charge in [0.1, 0.15) is 0 Å². The zero-order chi connectivity index (χ0) is 7.98. The molecule has 0 unspecified atom stereocenters. The number of allylic oxidation sites excluding steroid dienone is 1. The molecule has 0 aliphatic rings. The summed E-state index contributed by atoms with van der Waals surface area (Å²) >= 11 is 2.15. The lowest BCUT2D eigenvalue weighted by atomic mass is 10.2. The quantitative estimate of drug-likeness (QED) is 0.590. The van der Waals surface area contributed by atoms with Crippen LogP contribution in [0.25, 0.3) is 0 Å². The van der Waals surface area contributed by atoms with Crippen LogP contribution in [-0.4, -0.2) is 12.4 Å². The first-order chi connectivity index (χ1) is 4.72. The number of hydrogen-bond acceptors (Lipinski definition) is 2. The highest BCUT2D eigenvalue weighted by atomic mass is 127. The zero-order valence-electron chi connectivity index (χ0n) is 6.13. The second kappa shape index (κ2) is 5.58. The van der Waals surface area contributed by atoms with Gasteiger partial charge in [-0.05, 0) is 10.0 Å². The van der Waals surface area contributed by atoms with Gasteiger partial charge in [-0.25, -0.2) is 0 Å². The van der Waals surface area contributed by atoms with Gasteiger partial charge in [-0.1, -0.05) is 36.4 Å². The second-order valence-corrected chi connectivity index (χ2v) is 2.76. The van der Waals surface area contributed by atoms with Gasteiger partial charge in [0.25, 0.3) is 0 Å². The summed E-state index contributed by atoms with van der Waals surface area (Å²) in [5.41, 5.74) is 1.02. The first-order valence-electron chi connectivity index (χ1n) is 3.05.